The molecule has 1 aliphatic rings. The third-order valence-corrected chi connectivity index (χ3v) is 3.81. The van der Waals surface area contributed by atoms with Gasteiger partial charge in [-0.15, -0.1) is 0 Å². The molecule has 0 aromatic carbocycles. The highest BCUT2D eigenvalue weighted by molar-refractivity contribution is 7.81. The summed E-state index contributed by atoms with van der Waals surface area (Å²) in [7, 11) is 0. The van der Waals surface area contributed by atoms with E-state index in [1.54, 1.807) is 0 Å². The minimum atomic E-state index is 0.598. The molecule has 0 spiro atoms. The summed E-state index contributed by atoms with van der Waals surface area (Å²) in [6.45, 7) is 0. The van der Waals surface area contributed by atoms with Gasteiger partial charge < -0.3 is 0 Å². The second-order valence-corrected chi connectivity index (χ2v) is 5.70. The van der Waals surface area contributed by atoms with Crippen molar-refractivity contribution in [3.8, 4) is 0 Å². The summed E-state index contributed by atoms with van der Waals surface area (Å²) >= 11 is 9.21. The van der Waals surface area contributed by atoms with E-state index in [4.69, 9.17) is 0 Å². The van der Waals surface area contributed by atoms with E-state index in [-0.39, 0.29) is 0 Å². The van der Waals surface area contributed by atoms with Crippen LogP contribution in [-0.2, 0) is 0 Å². The lowest BCUT2D eigenvalue weighted by Crippen LogP contribution is -2.08. The molecule has 0 radical (unpaired) electrons. The summed E-state index contributed by atoms with van der Waals surface area (Å²) in [6, 6.07) is 0. The quantitative estimate of drug-likeness (QED) is 0.562. The van der Waals surface area contributed by atoms with E-state index in [0.717, 1.165) is 0 Å². The van der Waals surface area contributed by atoms with Gasteiger partial charge in [0.25, 0.3) is 0 Å². The van der Waals surface area contributed by atoms with Crippen LogP contribution < -0.4 is 0 Å². The smallest absolute Gasteiger partial charge is 0.00272 e. The highest BCUT2D eigenvalue weighted by atomic mass is 32.1. The molecule has 1 aliphatic carbocycles. The van der Waals surface area contributed by atoms with E-state index >= 15 is 0 Å². The van der Waals surface area contributed by atoms with Gasteiger partial charge in [0, 0.05) is 10.5 Å². The van der Waals surface area contributed by atoms with Crippen LogP contribution in [0.4, 0.5) is 0 Å². The first-order valence-corrected chi connectivity index (χ1v) is 6.68. The van der Waals surface area contributed by atoms with Gasteiger partial charge in [-0.05, 0) is 19.3 Å². The number of rotatable bonds is 0. The molecule has 1 rings (SSSR count). The van der Waals surface area contributed by atoms with Crippen molar-refractivity contribution in [3.63, 3.8) is 0 Å². The molecular formula is C11H22S2. The van der Waals surface area contributed by atoms with Crippen LogP contribution in [0.2, 0.25) is 0 Å². The van der Waals surface area contributed by atoms with Gasteiger partial charge in [-0.1, -0.05) is 38.5 Å². The van der Waals surface area contributed by atoms with E-state index in [1.807, 2.05) is 0 Å². The molecule has 0 bridgehead atoms. The molecule has 0 heterocycles. The maximum absolute atomic E-state index is 4.61. The predicted molar refractivity (Wildman–Crippen MR) is 67.1 cm³/mol. The van der Waals surface area contributed by atoms with E-state index < -0.39 is 0 Å². The van der Waals surface area contributed by atoms with Crippen LogP contribution in [0.15, 0.2) is 0 Å². The first-order valence-electron chi connectivity index (χ1n) is 5.65. The SMILES string of the molecule is SC1CCCCCCCCC(S)C1. The summed E-state index contributed by atoms with van der Waals surface area (Å²) in [5, 5.41) is 1.20. The topological polar surface area (TPSA) is 0 Å². The molecule has 78 valence electrons. The van der Waals surface area contributed by atoms with Crippen molar-refractivity contribution in [2.75, 3.05) is 0 Å². The summed E-state index contributed by atoms with van der Waals surface area (Å²) in [4.78, 5) is 0. The fraction of sp³-hybridized carbons (Fsp3) is 1.00. The summed E-state index contributed by atoms with van der Waals surface area (Å²) in [6.07, 6.45) is 12.2. The first-order chi connectivity index (χ1) is 6.29. The zero-order chi connectivity index (χ0) is 9.52. The van der Waals surface area contributed by atoms with E-state index in [1.165, 1.54) is 57.8 Å². The van der Waals surface area contributed by atoms with Gasteiger partial charge in [-0.2, -0.15) is 25.3 Å². The molecule has 0 saturated heterocycles. The Labute approximate surface area is 93.7 Å². The Morgan fingerprint density at radius 2 is 1.00 bits per heavy atom. The van der Waals surface area contributed by atoms with Gasteiger partial charge in [-0.25, -0.2) is 0 Å². The molecule has 0 N–H and O–H groups in total. The minimum absolute atomic E-state index is 0.598. The first kappa shape index (κ1) is 11.8. The maximum Gasteiger partial charge on any atom is 0.00272 e. The molecular weight excluding hydrogens is 196 g/mol. The molecule has 0 nitrogen and oxygen atoms in total. The molecule has 1 saturated carbocycles. The van der Waals surface area contributed by atoms with Crippen LogP contribution in [-0.4, -0.2) is 10.5 Å². The summed E-state index contributed by atoms with van der Waals surface area (Å²) in [5.74, 6) is 0. The third kappa shape index (κ3) is 5.90. The van der Waals surface area contributed by atoms with Crippen molar-refractivity contribution < 1.29 is 0 Å². The molecule has 0 aromatic heterocycles. The van der Waals surface area contributed by atoms with Crippen LogP contribution in [0.5, 0.6) is 0 Å². The molecule has 2 heteroatoms. The number of hydrogen-bond donors (Lipinski definition) is 2. The molecule has 1 fully saturated rings. The fourth-order valence-electron chi connectivity index (χ4n) is 2.02. The fourth-order valence-corrected chi connectivity index (χ4v) is 3.06. The molecule has 2 atom stereocenters. The predicted octanol–water partition coefficient (Wildman–Crippen LogP) is 4.11. The molecule has 0 aromatic rings. The Hall–Kier alpha value is 0.700. The standard InChI is InChI=1S/C11H22S2/c12-10-7-5-3-1-2-4-6-8-11(13)9-10/h10-13H,1-9H2. The van der Waals surface area contributed by atoms with Gasteiger partial charge >= 0.3 is 0 Å². The van der Waals surface area contributed by atoms with Crippen LogP contribution in [0.3, 0.4) is 0 Å². The molecule has 13 heavy (non-hydrogen) atoms. The largest absolute Gasteiger partial charge is 0.176 e. The van der Waals surface area contributed by atoms with E-state index in [9.17, 15) is 0 Å². The normalized spacial score (nSPS) is 33.7. The van der Waals surface area contributed by atoms with Crippen LogP contribution in [0.1, 0.15) is 57.8 Å². The Bertz CT molecular complexity index is 111. The van der Waals surface area contributed by atoms with Gasteiger partial charge in [0.05, 0.1) is 0 Å². The maximum atomic E-state index is 4.61. The van der Waals surface area contributed by atoms with Crippen molar-refractivity contribution in [2.24, 2.45) is 0 Å². The second-order valence-electron chi connectivity index (χ2n) is 4.24. The van der Waals surface area contributed by atoms with Crippen molar-refractivity contribution >= 4 is 25.3 Å². The van der Waals surface area contributed by atoms with E-state index in [2.05, 4.69) is 25.3 Å². The summed E-state index contributed by atoms with van der Waals surface area (Å²) < 4.78 is 0. The Kier molecular flexibility index (Phi) is 6.39. The minimum Gasteiger partial charge on any atom is -0.176 e. The van der Waals surface area contributed by atoms with Crippen molar-refractivity contribution in [3.05, 3.63) is 0 Å². The Balaban J connectivity index is 2.25. The van der Waals surface area contributed by atoms with Crippen molar-refractivity contribution in [2.45, 2.75) is 68.3 Å². The Morgan fingerprint density at radius 3 is 1.46 bits per heavy atom. The lowest BCUT2D eigenvalue weighted by atomic mass is 10.1. The van der Waals surface area contributed by atoms with Crippen molar-refractivity contribution in [1.82, 2.24) is 0 Å². The van der Waals surface area contributed by atoms with Crippen LogP contribution >= 0.6 is 25.3 Å². The van der Waals surface area contributed by atoms with Crippen LogP contribution in [0, 0.1) is 0 Å². The number of hydrogen-bond acceptors (Lipinski definition) is 2. The lowest BCUT2D eigenvalue weighted by Gasteiger charge is -2.14. The molecule has 0 aliphatic heterocycles. The van der Waals surface area contributed by atoms with E-state index in [0.29, 0.717) is 10.5 Å². The average molecular weight is 218 g/mol. The van der Waals surface area contributed by atoms with Gasteiger partial charge in [0.1, 0.15) is 0 Å². The summed E-state index contributed by atoms with van der Waals surface area (Å²) in [5.41, 5.74) is 0. The highest BCUT2D eigenvalue weighted by Gasteiger charge is 2.10. The molecule has 2 unspecified atom stereocenters. The van der Waals surface area contributed by atoms with Crippen molar-refractivity contribution in [1.29, 1.82) is 0 Å². The zero-order valence-electron chi connectivity index (χ0n) is 8.41. The van der Waals surface area contributed by atoms with Gasteiger partial charge in [0.2, 0.25) is 0 Å². The van der Waals surface area contributed by atoms with Gasteiger partial charge in [-0.3, -0.25) is 0 Å². The van der Waals surface area contributed by atoms with Crippen LogP contribution in [0.25, 0.3) is 0 Å². The number of thiol groups is 2. The highest BCUT2D eigenvalue weighted by Crippen LogP contribution is 2.22. The average Bonchev–Trinajstić information content (AvgIpc) is 2.11. The molecule has 0 amide bonds. The zero-order valence-corrected chi connectivity index (χ0v) is 10.2. The lowest BCUT2D eigenvalue weighted by molar-refractivity contribution is 0.587. The Morgan fingerprint density at radius 1 is 0.615 bits per heavy atom. The monoisotopic (exact) mass is 218 g/mol. The second kappa shape index (κ2) is 7.05. The third-order valence-electron chi connectivity index (χ3n) is 2.87. The van der Waals surface area contributed by atoms with Gasteiger partial charge in [0.15, 0.2) is 0 Å².